The van der Waals surface area contributed by atoms with Crippen LogP contribution in [0.25, 0.3) is 0 Å². The van der Waals surface area contributed by atoms with Gasteiger partial charge in [-0.25, -0.2) is 0 Å². The van der Waals surface area contributed by atoms with E-state index in [2.05, 4.69) is 19.2 Å². The van der Waals surface area contributed by atoms with Crippen molar-refractivity contribution in [2.45, 2.75) is 276 Å². The smallest absolute Gasteiger partial charge is 0.220 e. The average molecular weight is 710 g/mol. The lowest BCUT2D eigenvalue weighted by atomic mass is 9.99. The maximum absolute atomic E-state index is 12.4. The third kappa shape index (κ3) is 35.7. The van der Waals surface area contributed by atoms with Crippen LogP contribution in [0.5, 0.6) is 0 Å². The van der Waals surface area contributed by atoms with E-state index < -0.39 is 18.2 Å². The summed E-state index contributed by atoms with van der Waals surface area (Å²) in [7, 11) is 0. The monoisotopic (exact) mass is 710 g/mol. The van der Waals surface area contributed by atoms with Crippen LogP contribution < -0.4 is 5.32 Å². The Morgan fingerprint density at radius 3 is 0.960 bits per heavy atom. The van der Waals surface area contributed by atoms with Crippen LogP contribution in [0.15, 0.2) is 0 Å². The van der Waals surface area contributed by atoms with E-state index in [0.717, 1.165) is 38.5 Å². The number of hydrogen-bond acceptors (Lipinski definition) is 4. The first-order valence-corrected chi connectivity index (χ1v) is 22.8. The number of unbranched alkanes of at least 4 members (excludes halogenated alkanes) is 34. The normalized spacial score (nSPS) is 13.5. The molecular formula is C45H91NO4. The number of carbonyl (C=O) groups excluding carboxylic acids is 1. The van der Waals surface area contributed by atoms with E-state index in [0.29, 0.717) is 12.8 Å². The lowest BCUT2D eigenvalue weighted by molar-refractivity contribution is -0.124. The molecule has 0 aliphatic carbocycles. The molecule has 0 aliphatic heterocycles. The van der Waals surface area contributed by atoms with E-state index in [1.165, 1.54) is 193 Å². The number of hydrogen-bond donors (Lipinski definition) is 4. The van der Waals surface area contributed by atoms with Crippen molar-refractivity contribution in [3.63, 3.8) is 0 Å². The highest BCUT2D eigenvalue weighted by molar-refractivity contribution is 5.76. The molecular weight excluding hydrogens is 618 g/mol. The Morgan fingerprint density at radius 1 is 0.420 bits per heavy atom. The van der Waals surface area contributed by atoms with Gasteiger partial charge in [0.1, 0.15) is 6.10 Å². The molecule has 50 heavy (non-hydrogen) atoms. The standard InChI is InChI=1S/C45H91NO4/c1-3-5-7-9-11-13-14-15-16-17-18-19-20-21-22-23-24-25-26-27-28-29-30-31-32-34-36-38-40-44(49)46-42(41-47)45(50)43(48)39-37-35-33-12-10-8-6-4-2/h42-43,45,47-48,50H,3-41H2,1-2H3,(H,46,49)/t42-,43+,45-/m0/s1. The summed E-state index contributed by atoms with van der Waals surface area (Å²) in [5.41, 5.74) is 0. The molecule has 0 unspecified atom stereocenters. The zero-order valence-electron chi connectivity index (χ0n) is 34.1. The summed E-state index contributed by atoms with van der Waals surface area (Å²) < 4.78 is 0. The summed E-state index contributed by atoms with van der Waals surface area (Å²) in [5.74, 6) is -0.141. The molecule has 0 bridgehead atoms. The number of carbonyl (C=O) groups is 1. The molecule has 300 valence electrons. The highest BCUT2D eigenvalue weighted by Gasteiger charge is 2.26. The average Bonchev–Trinajstić information content (AvgIpc) is 3.12. The van der Waals surface area contributed by atoms with Crippen LogP contribution in [-0.4, -0.2) is 46.1 Å². The molecule has 1 amide bonds. The topological polar surface area (TPSA) is 89.8 Å². The van der Waals surface area contributed by atoms with Crippen molar-refractivity contribution >= 4 is 5.91 Å². The molecule has 0 aliphatic rings. The van der Waals surface area contributed by atoms with Crippen LogP contribution in [0.4, 0.5) is 0 Å². The van der Waals surface area contributed by atoms with Gasteiger partial charge in [0.25, 0.3) is 0 Å². The summed E-state index contributed by atoms with van der Waals surface area (Å²) in [4.78, 5) is 12.4. The first-order valence-electron chi connectivity index (χ1n) is 22.8. The Morgan fingerprint density at radius 2 is 0.680 bits per heavy atom. The van der Waals surface area contributed by atoms with Gasteiger partial charge in [0, 0.05) is 6.42 Å². The third-order valence-corrected chi connectivity index (χ3v) is 11.0. The molecule has 5 nitrogen and oxygen atoms in total. The molecule has 3 atom stereocenters. The second-order valence-corrected chi connectivity index (χ2v) is 16.0. The van der Waals surface area contributed by atoms with Gasteiger partial charge in [-0.15, -0.1) is 0 Å². The Balaban J connectivity index is 3.43. The van der Waals surface area contributed by atoms with Crippen molar-refractivity contribution in [2.24, 2.45) is 0 Å². The Hall–Kier alpha value is -0.650. The lowest BCUT2D eigenvalue weighted by Gasteiger charge is -2.26. The Kier molecular flexibility index (Phi) is 40.6. The lowest BCUT2D eigenvalue weighted by Crippen LogP contribution is -2.50. The minimum atomic E-state index is -1.13. The number of aliphatic hydroxyl groups excluding tert-OH is 3. The van der Waals surface area contributed by atoms with Crippen molar-refractivity contribution in [3.05, 3.63) is 0 Å². The molecule has 0 rings (SSSR count). The number of amides is 1. The first-order chi connectivity index (χ1) is 24.6. The van der Waals surface area contributed by atoms with E-state index in [1.54, 1.807) is 0 Å². The first kappa shape index (κ1) is 49.4. The molecule has 0 aromatic carbocycles. The summed E-state index contributed by atoms with van der Waals surface area (Å²) >= 11 is 0. The molecule has 0 fully saturated rings. The van der Waals surface area contributed by atoms with Crippen molar-refractivity contribution in [3.8, 4) is 0 Å². The second kappa shape index (κ2) is 41.1. The van der Waals surface area contributed by atoms with E-state index in [1.807, 2.05) is 0 Å². The second-order valence-electron chi connectivity index (χ2n) is 16.0. The maximum Gasteiger partial charge on any atom is 0.220 e. The fraction of sp³-hybridized carbons (Fsp3) is 0.978. The number of nitrogens with one attached hydrogen (secondary N) is 1. The van der Waals surface area contributed by atoms with E-state index in [4.69, 9.17) is 0 Å². The van der Waals surface area contributed by atoms with Crippen molar-refractivity contribution in [1.82, 2.24) is 5.32 Å². The van der Waals surface area contributed by atoms with Gasteiger partial charge in [-0.05, 0) is 12.8 Å². The van der Waals surface area contributed by atoms with Gasteiger partial charge in [0.2, 0.25) is 5.91 Å². The van der Waals surface area contributed by atoms with Crippen LogP contribution in [0, 0.1) is 0 Å². The highest BCUT2D eigenvalue weighted by Crippen LogP contribution is 2.17. The van der Waals surface area contributed by atoms with Gasteiger partial charge in [-0.3, -0.25) is 4.79 Å². The van der Waals surface area contributed by atoms with E-state index >= 15 is 0 Å². The number of rotatable bonds is 42. The fourth-order valence-corrected chi connectivity index (χ4v) is 7.40. The Bertz CT molecular complexity index is 659. The zero-order chi connectivity index (χ0) is 36.6. The van der Waals surface area contributed by atoms with Crippen molar-refractivity contribution in [1.29, 1.82) is 0 Å². The van der Waals surface area contributed by atoms with Crippen molar-refractivity contribution < 1.29 is 20.1 Å². The van der Waals surface area contributed by atoms with Crippen LogP contribution in [0.1, 0.15) is 258 Å². The number of aliphatic hydroxyl groups is 3. The predicted octanol–water partition coefficient (Wildman–Crippen LogP) is 13.0. The molecule has 0 saturated heterocycles. The summed E-state index contributed by atoms with van der Waals surface area (Å²) in [6.45, 7) is 4.16. The van der Waals surface area contributed by atoms with Crippen LogP contribution >= 0.6 is 0 Å². The van der Waals surface area contributed by atoms with Gasteiger partial charge in [-0.1, -0.05) is 239 Å². The quantitative estimate of drug-likeness (QED) is 0.0475. The fourth-order valence-electron chi connectivity index (χ4n) is 7.40. The van der Waals surface area contributed by atoms with Gasteiger partial charge in [0.15, 0.2) is 0 Å². The molecule has 0 heterocycles. The SMILES string of the molecule is CCCCCCCCCCCCCCCCCCCCCCCCCCCCCCC(=O)N[C@@H](CO)[C@H](O)[C@H](O)CCCCCCCCCC. The third-order valence-electron chi connectivity index (χ3n) is 11.0. The van der Waals surface area contributed by atoms with E-state index in [9.17, 15) is 20.1 Å². The van der Waals surface area contributed by atoms with Crippen LogP contribution in [-0.2, 0) is 4.79 Å². The van der Waals surface area contributed by atoms with Crippen LogP contribution in [0.2, 0.25) is 0 Å². The zero-order valence-corrected chi connectivity index (χ0v) is 34.1. The van der Waals surface area contributed by atoms with Crippen LogP contribution in [0.3, 0.4) is 0 Å². The van der Waals surface area contributed by atoms with Gasteiger partial charge in [0.05, 0.1) is 18.8 Å². The minimum absolute atomic E-state index is 0.141. The summed E-state index contributed by atoms with van der Waals surface area (Å²) in [6.07, 6.45) is 46.8. The molecule has 0 spiro atoms. The molecule has 0 radical (unpaired) electrons. The molecule has 0 aromatic rings. The summed E-state index contributed by atoms with van der Waals surface area (Å²) in [5, 5.41) is 33.3. The van der Waals surface area contributed by atoms with Crippen molar-refractivity contribution in [2.75, 3.05) is 6.61 Å². The molecule has 5 heteroatoms. The summed E-state index contributed by atoms with van der Waals surface area (Å²) in [6, 6.07) is -0.801. The minimum Gasteiger partial charge on any atom is -0.394 e. The Labute approximate surface area is 313 Å². The largest absolute Gasteiger partial charge is 0.394 e. The molecule has 0 saturated carbocycles. The predicted molar refractivity (Wildman–Crippen MR) is 218 cm³/mol. The molecule has 0 aromatic heterocycles. The highest BCUT2D eigenvalue weighted by atomic mass is 16.3. The van der Waals surface area contributed by atoms with Gasteiger partial charge in [-0.2, -0.15) is 0 Å². The van der Waals surface area contributed by atoms with Gasteiger partial charge >= 0.3 is 0 Å². The maximum atomic E-state index is 12.4. The van der Waals surface area contributed by atoms with E-state index in [-0.39, 0.29) is 12.5 Å². The molecule has 4 N–H and O–H groups in total. The van der Waals surface area contributed by atoms with Gasteiger partial charge < -0.3 is 20.6 Å².